The van der Waals surface area contributed by atoms with Crippen LogP contribution in [0.4, 0.5) is 11.4 Å². The first-order chi connectivity index (χ1) is 13.4. The number of hydrogen-bond acceptors (Lipinski definition) is 3. The predicted molar refractivity (Wildman–Crippen MR) is 115 cm³/mol. The highest BCUT2D eigenvalue weighted by Crippen LogP contribution is 2.34. The molecule has 1 heterocycles. The summed E-state index contributed by atoms with van der Waals surface area (Å²) in [6.45, 7) is 4.60. The van der Waals surface area contributed by atoms with Gasteiger partial charge in [0.2, 0.25) is 5.91 Å². The standard InChI is InChI=1S/C23H28N4O/c1-14(2)23(28)26-17-8-10-22-19(12-17)18-11-16(24)7-9-21(18)27(22)13-15-5-3-4-6-20(15)25/h3-7,9,11,14,17H,8,10,12-13,24-25H2,1-2H3,(H,26,28)/t17-/m0/s1. The second-order valence-corrected chi connectivity index (χ2v) is 8.09. The molecule has 0 fully saturated rings. The van der Waals surface area contributed by atoms with Crippen molar-refractivity contribution in [2.75, 3.05) is 11.5 Å². The van der Waals surface area contributed by atoms with Crippen LogP contribution in [-0.2, 0) is 24.2 Å². The average molecular weight is 377 g/mol. The molecule has 0 radical (unpaired) electrons. The molecule has 4 rings (SSSR count). The molecule has 5 N–H and O–H groups in total. The number of anilines is 2. The lowest BCUT2D eigenvalue weighted by Crippen LogP contribution is -2.41. The largest absolute Gasteiger partial charge is 0.399 e. The molecule has 146 valence electrons. The fraction of sp³-hybridized carbons (Fsp3) is 0.348. The highest BCUT2D eigenvalue weighted by molar-refractivity contribution is 5.89. The van der Waals surface area contributed by atoms with E-state index in [0.29, 0.717) is 0 Å². The molecule has 0 bridgehead atoms. The van der Waals surface area contributed by atoms with E-state index in [1.807, 2.05) is 38.1 Å². The van der Waals surface area contributed by atoms with Crippen molar-refractivity contribution >= 4 is 28.2 Å². The van der Waals surface area contributed by atoms with E-state index in [4.69, 9.17) is 11.5 Å². The molecule has 1 aliphatic carbocycles. The van der Waals surface area contributed by atoms with Gasteiger partial charge in [0.15, 0.2) is 0 Å². The van der Waals surface area contributed by atoms with Crippen LogP contribution in [-0.4, -0.2) is 16.5 Å². The Labute approximate surface area is 165 Å². The number of nitrogens with two attached hydrogens (primary N) is 2. The molecule has 5 nitrogen and oxygen atoms in total. The average Bonchev–Trinajstić information content (AvgIpc) is 2.96. The van der Waals surface area contributed by atoms with Gasteiger partial charge in [-0.25, -0.2) is 0 Å². The second kappa shape index (κ2) is 7.23. The van der Waals surface area contributed by atoms with Gasteiger partial charge in [-0.3, -0.25) is 4.79 Å². The number of carbonyl (C=O) groups is 1. The molecule has 28 heavy (non-hydrogen) atoms. The van der Waals surface area contributed by atoms with Crippen molar-refractivity contribution < 1.29 is 4.79 Å². The molecule has 1 atom stereocenters. The van der Waals surface area contributed by atoms with Gasteiger partial charge in [-0.15, -0.1) is 0 Å². The molecular formula is C23H28N4O. The SMILES string of the molecule is CC(C)C(=O)N[C@H]1CCc2c(c3cc(N)ccc3n2Cc2ccccc2N)C1. The van der Waals surface area contributed by atoms with Crippen LogP contribution in [0.2, 0.25) is 0 Å². The number of hydrogen-bond donors (Lipinski definition) is 3. The third-order valence-corrected chi connectivity index (χ3v) is 5.75. The Hall–Kier alpha value is -2.95. The molecular weight excluding hydrogens is 348 g/mol. The van der Waals surface area contributed by atoms with Gasteiger partial charge >= 0.3 is 0 Å². The summed E-state index contributed by atoms with van der Waals surface area (Å²) in [6, 6.07) is 14.3. The molecule has 2 aromatic carbocycles. The van der Waals surface area contributed by atoms with E-state index in [1.165, 1.54) is 22.2 Å². The van der Waals surface area contributed by atoms with Gasteiger partial charge in [-0.1, -0.05) is 32.0 Å². The van der Waals surface area contributed by atoms with Crippen LogP contribution in [0, 0.1) is 5.92 Å². The van der Waals surface area contributed by atoms with Gasteiger partial charge in [0.1, 0.15) is 0 Å². The number of amides is 1. The number of rotatable bonds is 4. The normalized spacial score (nSPS) is 16.3. The number of nitrogen functional groups attached to an aromatic ring is 2. The van der Waals surface area contributed by atoms with E-state index in [1.54, 1.807) is 0 Å². The third kappa shape index (κ3) is 3.33. The number of nitrogens with zero attached hydrogens (tertiary/aromatic N) is 1. The van der Waals surface area contributed by atoms with Crippen molar-refractivity contribution in [3.8, 4) is 0 Å². The van der Waals surface area contributed by atoms with Crippen LogP contribution in [0.15, 0.2) is 42.5 Å². The molecule has 0 spiro atoms. The number of aromatic nitrogens is 1. The van der Waals surface area contributed by atoms with Crippen molar-refractivity contribution in [2.45, 2.75) is 45.7 Å². The van der Waals surface area contributed by atoms with E-state index in [0.717, 1.165) is 42.7 Å². The lowest BCUT2D eigenvalue weighted by Gasteiger charge is -2.26. The summed E-state index contributed by atoms with van der Waals surface area (Å²) in [7, 11) is 0. The van der Waals surface area contributed by atoms with Crippen LogP contribution in [0.1, 0.15) is 37.1 Å². The quantitative estimate of drug-likeness (QED) is 0.609. The predicted octanol–water partition coefficient (Wildman–Crippen LogP) is 3.48. The van der Waals surface area contributed by atoms with Gasteiger partial charge in [0.05, 0.1) is 0 Å². The summed E-state index contributed by atoms with van der Waals surface area (Å²) in [5, 5.41) is 4.40. The minimum Gasteiger partial charge on any atom is -0.399 e. The molecule has 0 aliphatic heterocycles. The Kier molecular flexibility index (Phi) is 4.75. The molecule has 0 saturated heterocycles. The molecule has 0 saturated carbocycles. The fourth-order valence-electron chi connectivity index (χ4n) is 4.19. The number of para-hydroxylation sites is 1. The lowest BCUT2D eigenvalue weighted by molar-refractivity contribution is -0.124. The molecule has 5 heteroatoms. The Morgan fingerprint density at radius 2 is 2.00 bits per heavy atom. The summed E-state index contributed by atoms with van der Waals surface area (Å²) >= 11 is 0. The van der Waals surface area contributed by atoms with Crippen LogP contribution in [0.25, 0.3) is 10.9 Å². The zero-order valence-electron chi connectivity index (χ0n) is 16.5. The maximum absolute atomic E-state index is 12.2. The highest BCUT2D eigenvalue weighted by Gasteiger charge is 2.27. The van der Waals surface area contributed by atoms with Crippen LogP contribution >= 0.6 is 0 Å². The zero-order valence-corrected chi connectivity index (χ0v) is 16.5. The Balaban J connectivity index is 1.75. The molecule has 3 aromatic rings. The minimum absolute atomic E-state index is 0.000519. The van der Waals surface area contributed by atoms with Gasteiger partial charge in [-0.05, 0) is 54.7 Å². The number of nitrogens with one attached hydrogen (secondary N) is 1. The van der Waals surface area contributed by atoms with Crippen molar-refractivity contribution in [1.29, 1.82) is 0 Å². The Morgan fingerprint density at radius 1 is 1.21 bits per heavy atom. The van der Waals surface area contributed by atoms with Gasteiger partial charge in [0.25, 0.3) is 0 Å². The van der Waals surface area contributed by atoms with E-state index in [-0.39, 0.29) is 17.9 Å². The number of carbonyl (C=O) groups excluding carboxylic acids is 1. The van der Waals surface area contributed by atoms with Crippen LogP contribution in [0.3, 0.4) is 0 Å². The smallest absolute Gasteiger partial charge is 0.222 e. The molecule has 1 amide bonds. The van der Waals surface area contributed by atoms with Gasteiger partial charge in [-0.2, -0.15) is 0 Å². The maximum atomic E-state index is 12.2. The van der Waals surface area contributed by atoms with Crippen molar-refractivity contribution in [1.82, 2.24) is 9.88 Å². The fourth-order valence-corrected chi connectivity index (χ4v) is 4.19. The third-order valence-electron chi connectivity index (χ3n) is 5.75. The maximum Gasteiger partial charge on any atom is 0.222 e. The first-order valence-electron chi connectivity index (χ1n) is 9.97. The first-order valence-corrected chi connectivity index (χ1v) is 9.97. The Morgan fingerprint density at radius 3 is 2.75 bits per heavy atom. The van der Waals surface area contributed by atoms with Gasteiger partial charge < -0.3 is 21.4 Å². The van der Waals surface area contributed by atoms with Crippen LogP contribution < -0.4 is 16.8 Å². The molecule has 1 aromatic heterocycles. The summed E-state index contributed by atoms with van der Waals surface area (Å²) in [5.74, 6) is 0.119. The summed E-state index contributed by atoms with van der Waals surface area (Å²) < 4.78 is 2.37. The molecule has 0 unspecified atom stereocenters. The summed E-state index contributed by atoms with van der Waals surface area (Å²) in [6.07, 6.45) is 2.71. The highest BCUT2D eigenvalue weighted by atomic mass is 16.1. The zero-order chi connectivity index (χ0) is 19.8. The van der Waals surface area contributed by atoms with Gasteiger partial charge in [0, 0.05) is 46.5 Å². The second-order valence-electron chi connectivity index (χ2n) is 8.09. The van der Waals surface area contributed by atoms with Crippen molar-refractivity contribution in [2.24, 2.45) is 5.92 Å². The van der Waals surface area contributed by atoms with Crippen molar-refractivity contribution in [3.05, 3.63) is 59.3 Å². The van der Waals surface area contributed by atoms with Crippen molar-refractivity contribution in [3.63, 3.8) is 0 Å². The van der Waals surface area contributed by atoms with Crippen LogP contribution in [0.5, 0.6) is 0 Å². The Bertz CT molecular complexity index is 1030. The topological polar surface area (TPSA) is 86.1 Å². The summed E-state index contributed by atoms with van der Waals surface area (Å²) in [5.41, 5.74) is 18.8. The first kappa shape index (κ1) is 18.4. The number of benzene rings is 2. The van der Waals surface area contributed by atoms with E-state index in [9.17, 15) is 4.79 Å². The number of fused-ring (bicyclic) bond motifs is 3. The van der Waals surface area contributed by atoms with E-state index >= 15 is 0 Å². The van der Waals surface area contributed by atoms with E-state index in [2.05, 4.69) is 28.1 Å². The monoisotopic (exact) mass is 376 g/mol. The molecule has 1 aliphatic rings. The summed E-state index contributed by atoms with van der Waals surface area (Å²) in [4.78, 5) is 12.2. The minimum atomic E-state index is -0.000519. The van der Waals surface area contributed by atoms with E-state index < -0.39 is 0 Å². The lowest BCUT2D eigenvalue weighted by atomic mass is 9.91.